The van der Waals surface area contributed by atoms with Gasteiger partial charge in [0.2, 0.25) is 0 Å². The second-order valence-electron chi connectivity index (χ2n) is 6.34. The third-order valence-corrected chi connectivity index (χ3v) is 4.57. The molecule has 0 bridgehead atoms. The van der Waals surface area contributed by atoms with Gasteiger partial charge in [-0.05, 0) is 0 Å². The van der Waals surface area contributed by atoms with Crippen molar-refractivity contribution in [3.8, 4) is 0 Å². The Hall–Kier alpha value is 0.883. The van der Waals surface area contributed by atoms with Gasteiger partial charge in [0.1, 0.15) is 0 Å². The van der Waals surface area contributed by atoms with Crippen molar-refractivity contribution in [3.05, 3.63) is 13.8 Å². The summed E-state index contributed by atoms with van der Waals surface area (Å²) < 4.78 is 0. The molecule has 3 rings (SSSR count). The fourth-order valence-corrected chi connectivity index (χ4v) is 3.05. The Bertz CT molecular complexity index is 135. The van der Waals surface area contributed by atoms with E-state index in [1.54, 1.807) is 0 Å². The molecule has 3 saturated carbocycles. The van der Waals surface area contributed by atoms with E-state index < -0.39 is 0 Å². The van der Waals surface area contributed by atoms with Crippen LogP contribution in [0, 0.1) is 25.7 Å². The van der Waals surface area contributed by atoms with Gasteiger partial charge in [-0.2, -0.15) is 11.8 Å². The standard InChI is InChI=1S/C8H14.2C5H10.Zr/c1-7-5-3-4-6-8(7)2;2*1-2-4-5-3-1;/h7-8H,1-6H2;2*1-5H2;/q-2;;;+2/t7-,8+;;;. The average Bonchev–Trinajstić information content (AvgIpc) is 3.11. The Balaban J connectivity index is 0.000000259. The summed E-state index contributed by atoms with van der Waals surface area (Å²) >= 11 is 0. The largest absolute Gasteiger partial charge is 2.00 e. The molecule has 0 nitrogen and oxygen atoms in total. The second-order valence-corrected chi connectivity index (χ2v) is 6.34. The van der Waals surface area contributed by atoms with Crippen LogP contribution in [-0.2, 0) is 26.2 Å². The number of hydrogen-bond donors (Lipinski definition) is 0. The van der Waals surface area contributed by atoms with E-state index in [0.29, 0.717) is 11.8 Å². The molecule has 110 valence electrons. The first-order valence-electron chi connectivity index (χ1n) is 8.47. The van der Waals surface area contributed by atoms with Gasteiger partial charge in [0.05, 0.1) is 0 Å². The molecule has 2 atom stereocenters. The average molecular weight is 342 g/mol. The van der Waals surface area contributed by atoms with Gasteiger partial charge in [0.25, 0.3) is 0 Å². The van der Waals surface area contributed by atoms with Gasteiger partial charge in [-0.3, -0.25) is 0 Å². The van der Waals surface area contributed by atoms with Crippen molar-refractivity contribution in [1.29, 1.82) is 0 Å². The van der Waals surface area contributed by atoms with Crippen molar-refractivity contribution >= 4 is 0 Å². The van der Waals surface area contributed by atoms with E-state index in [-0.39, 0.29) is 26.2 Å². The normalized spacial score (nSPS) is 29.4. The molecule has 3 fully saturated rings. The third-order valence-electron chi connectivity index (χ3n) is 4.57. The maximum atomic E-state index is 4.02. The SMILES string of the molecule is C1CCCC1.C1CCCC1.[CH2-][C@@H]1CCCC[C@@H]1[CH2-].[Zr+2]. The van der Waals surface area contributed by atoms with Crippen molar-refractivity contribution in [3.63, 3.8) is 0 Å². The van der Waals surface area contributed by atoms with E-state index in [2.05, 4.69) is 13.8 Å². The molecule has 0 radical (unpaired) electrons. The smallest absolute Gasteiger partial charge is 0.342 e. The predicted molar refractivity (Wildman–Crippen MR) is 82.3 cm³/mol. The van der Waals surface area contributed by atoms with Crippen LogP contribution in [0.3, 0.4) is 0 Å². The van der Waals surface area contributed by atoms with E-state index in [1.165, 1.54) is 89.9 Å². The molecular formula is C18H34Zr. The topological polar surface area (TPSA) is 0 Å². The Morgan fingerprint density at radius 3 is 0.789 bits per heavy atom. The fourth-order valence-electron chi connectivity index (χ4n) is 3.05. The van der Waals surface area contributed by atoms with E-state index in [1.807, 2.05) is 0 Å². The summed E-state index contributed by atoms with van der Waals surface area (Å²) in [5.41, 5.74) is 0. The Kier molecular flexibility index (Phi) is 14.5. The predicted octanol–water partition coefficient (Wildman–Crippen LogP) is 6.36. The summed E-state index contributed by atoms with van der Waals surface area (Å²) in [7, 11) is 0. The van der Waals surface area contributed by atoms with Crippen molar-refractivity contribution in [1.82, 2.24) is 0 Å². The minimum absolute atomic E-state index is 0. The van der Waals surface area contributed by atoms with Crippen LogP contribution in [0.4, 0.5) is 0 Å². The molecule has 0 spiro atoms. The Morgan fingerprint density at radius 1 is 0.421 bits per heavy atom. The van der Waals surface area contributed by atoms with Crippen LogP contribution in [0.25, 0.3) is 0 Å². The maximum Gasteiger partial charge on any atom is 2.00 e. The fraction of sp³-hybridized carbons (Fsp3) is 0.889. The summed E-state index contributed by atoms with van der Waals surface area (Å²) in [6.07, 6.45) is 20.3. The zero-order chi connectivity index (χ0) is 13.1. The van der Waals surface area contributed by atoms with Crippen LogP contribution >= 0.6 is 0 Å². The van der Waals surface area contributed by atoms with Crippen molar-refractivity contribution in [2.45, 2.75) is 89.9 Å². The van der Waals surface area contributed by atoms with Crippen LogP contribution in [0.15, 0.2) is 0 Å². The Labute approximate surface area is 141 Å². The Morgan fingerprint density at radius 2 is 0.632 bits per heavy atom. The summed E-state index contributed by atoms with van der Waals surface area (Å²) in [6, 6.07) is 0. The molecule has 1 heteroatoms. The van der Waals surface area contributed by atoms with E-state index in [9.17, 15) is 0 Å². The van der Waals surface area contributed by atoms with Crippen LogP contribution in [0.2, 0.25) is 0 Å². The van der Waals surface area contributed by atoms with E-state index in [0.717, 1.165) is 0 Å². The molecular weight excluding hydrogens is 307 g/mol. The van der Waals surface area contributed by atoms with Gasteiger partial charge >= 0.3 is 26.2 Å². The van der Waals surface area contributed by atoms with E-state index in [4.69, 9.17) is 0 Å². The quantitative estimate of drug-likeness (QED) is 0.450. The van der Waals surface area contributed by atoms with Gasteiger partial charge in [0.15, 0.2) is 0 Å². The van der Waals surface area contributed by atoms with Crippen LogP contribution in [0.5, 0.6) is 0 Å². The van der Waals surface area contributed by atoms with Crippen LogP contribution in [0.1, 0.15) is 89.9 Å². The van der Waals surface area contributed by atoms with Gasteiger partial charge in [-0.25, -0.2) is 0 Å². The number of rotatable bonds is 0. The minimum atomic E-state index is 0. The van der Waals surface area contributed by atoms with E-state index >= 15 is 0 Å². The van der Waals surface area contributed by atoms with Crippen LogP contribution in [-0.4, -0.2) is 0 Å². The zero-order valence-corrected chi connectivity index (χ0v) is 15.4. The zero-order valence-electron chi connectivity index (χ0n) is 13.0. The van der Waals surface area contributed by atoms with Gasteiger partial charge in [0, 0.05) is 0 Å². The van der Waals surface area contributed by atoms with Crippen molar-refractivity contribution in [2.75, 3.05) is 0 Å². The molecule has 0 aromatic rings. The summed E-state index contributed by atoms with van der Waals surface area (Å²) in [5.74, 6) is 1.28. The van der Waals surface area contributed by atoms with Gasteiger partial charge in [-0.15, -0.1) is 0 Å². The van der Waals surface area contributed by atoms with Gasteiger partial charge < -0.3 is 13.8 Å². The van der Waals surface area contributed by atoms with Crippen molar-refractivity contribution < 1.29 is 26.2 Å². The van der Waals surface area contributed by atoms with Gasteiger partial charge in [-0.1, -0.05) is 89.9 Å². The molecule has 0 amide bonds. The molecule has 0 aromatic heterocycles. The maximum absolute atomic E-state index is 4.02. The first-order chi connectivity index (χ1) is 8.80. The molecule has 0 N–H and O–H groups in total. The van der Waals surface area contributed by atoms with Crippen molar-refractivity contribution in [2.24, 2.45) is 11.8 Å². The molecule has 0 unspecified atom stereocenters. The molecule has 3 aliphatic carbocycles. The molecule has 0 heterocycles. The third kappa shape index (κ3) is 11.2. The first-order valence-corrected chi connectivity index (χ1v) is 8.47. The summed E-state index contributed by atoms with van der Waals surface area (Å²) in [4.78, 5) is 0. The molecule has 19 heavy (non-hydrogen) atoms. The summed E-state index contributed by atoms with van der Waals surface area (Å²) in [6.45, 7) is 8.03. The molecule has 0 saturated heterocycles. The number of hydrogen-bond acceptors (Lipinski definition) is 0. The minimum Gasteiger partial charge on any atom is -0.342 e. The molecule has 3 aliphatic rings. The molecule has 0 aromatic carbocycles. The van der Waals surface area contributed by atoms with Crippen LogP contribution < -0.4 is 0 Å². The second kappa shape index (κ2) is 13.8. The first kappa shape index (κ1) is 19.9. The molecule has 0 aliphatic heterocycles. The summed E-state index contributed by atoms with van der Waals surface area (Å²) in [5, 5.41) is 0. The monoisotopic (exact) mass is 340 g/mol.